The molecule has 0 aliphatic carbocycles. The lowest BCUT2D eigenvalue weighted by Gasteiger charge is -2.10. The molecule has 0 fully saturated rings. The lowest BCUT2D eigenvalue weighted by Crippen LogP contribution is -2.92. The molecule has 0 saturated carbocycles. The maximum absolute atomic E-state index is 11.7. The quantitative estimate of drug-likeness (QED) is 0.651. The number of aliphatic hydroxyl groups excluding tert-OH is 1. The molecule has 4 nitrogen and oxygen atoms in total. The summed E-state index contributed by atoms with van der Waals surface area (Å²) < 4.78 is 0. The van der Waals surface area contributed by atoms with E-state index < -0.39 is 0 Å². The van der Waals surface area contributed by atoms with E-state index in [9.17, 15) is 4.79 Å². The van der Waals surface area contributed by atoms with E-state index in [1.807, 2.05) is 43.4 Å². The lowest BCUT2D eigenvalue weighted by atomic mass is 10.2. The lowest BCUT2D eigenvalue weighted by molar-refractivity contribution is -0.674. The van der Waals surface area contributed by atoms with Gasteiger partial charge < -0.3 is 15.7 Å². The highest BCUT2D eigenvalue weighted by atomic mass is 16.3. The smallest absolute Gasteiger partial charge is 0.282 e. The summed E-state index contributed by atoms with van der Waals surface area (Å²) in [5.41, 5.74) is 1.97. The molecule has 0 spiro atoms. The van der Waals surface area contributed by atoms with Crippen LogP contribution in [0.2, 0.25) is 0 Å². The minimum Gasteiger partial charge on any atom is -0.391 e. The number of carbonyl (C=O) groups excluding carboxylic acids is 1. The normalized spacial score (nSPS) is 12.2. The number of benzene rings is 1. The maximum atomic E-state index is 11.7. The molecular weight excluding hydrogens is 204 g/mol. The molecule has 1 amide bonds. The van der Waals surface area contributed by atoms with Gasteiger partial charge >= 0.3 is 0 Å². The Hall–Kier alpha value is -1.39. The van der Waals surface area contributed by atoms with Gasteiger partial charge in [0, 0.05) is 5.69 Å². The Balaban J connectivity index is 2.47. The van der Waals surface area contributed by atoms with Crippen LogP contribution in [0, 0.1) is 6.92 Å². The molecule has 1 atom stereocenters. The van der Waals surface area contributed by atoms with Gasteiger partial charge in [-0.3, -0.25) is 4.79 Å². The molecule has 4 heteroatoms. The molecule has 0 aliphatic heterocycles. The van der Waals surface area contributed by atoms with Crippen molar-refractivity contribution in [3.8, 4) is 0 Å². The molecule has 88 valence electrons. The topological polar surface area (TPSA) is 65.9 Å². The van der Waals surface area contributed by atoms with Gasteiger partial charge in [-0.15, -0.1) is 0 Å². The molecule has 0 saturated heterocycles. The third-order valence-corrected chi connectivity index (χ3v) is 2.38. The Morgan fingerprint density at radius 3 is 2.62 bits per heavy atom. The van der Waals surface area contributed by atoms with Gasteiger partial charge in [0.15, 0.2) is 6.04 Å². The first-order valence-corrected chi connectivity index (χ1v) is 5.45. The Morgan fingerprint density at radius 2 is 2.06 bits per heavy atom. The number of carbonyl (C=O) groups is 1. The molecule has 0 aromatic heterocycles. The summed E-state index contributed by atoms with van der Waals surface area (Å²) in [5.74, 6) is -0.0442. The van der Waals surface area contributed by atoms with Crippen molar-refractivity contribution in [3.05, 3.63) is 29.8 Å². The average molecular weight is 223 g/mol. The highest BCUT2D eigenvalue weighted by Gasteiger charge is 2.14. The second-order valence-electron chi connectivity index (χ2n) is 3.89. The number of rotatable bonds is 5. The predicted octanol–water partition coefficient (Wildman–Crippen LogP) is -0.122. The zero-order chi connectivity index (χ0) is 12.0. The van der Waals surface area contributed by atoms with Crippen LogP contribution in [-0.4, -0.2) is 30.2 Å². The minimum atomic E-state index is -0.187. The van der Waals surface area contributed by atoms with E-state index in [4.69, 9.17) is 5.11 Å². The molecule has 0 radical (unpaired) electrons. The molecular formula is C12H19N2O2+. The summed E-state index contributed by atoms with van der Waals surface area (Å²) in [6, 6.07) is 7.49. The number of quaternary nitrogens is 1. The molecule has 4 N–H and O–H groups in total. The van der Waals surface area contributed by atoms with Crippen LogP contribution < -0.4 is 10.6 Å². The molecule has 0 bridgehead atoms. The largest absolute Gasteiger partial charge is 0.391 e. The third-order valence-electron chi connectivity index (χ3n) is 2.38. The van der Waals surface area contributed by atoms with Crippen molar-refractivity contribution >= 4 is 11.6 Å². The molecule has 1 rings (SSSR count). The van der Waals surface area contributed by atoms with Gasteiger partial charge in [0.1, 0.15) is 0 Å². The van der Waals surface area contributed by atoms with Crippen molar-refractivity contribution in [2.24, 2.45) is 0 Å². The monoisotopic (exact) mass is 223 g/mol. The van der Waals surface area contributed by atoms with Gasteiger partial charge in [0.25, 0.3) is 5.91 Å². The van der Waals surface area contributed by atoms with Crippen LogP contribution in [0.15, 0.2) is 24.3 Å². The zero-order valence-electron chi connectivity index (χ0n) is 9.73. The van der Waals surface area contributed by atoms with Crippen LogP contribution in [-0.2, 0) is 4.79 Å². The highest BCUT2D eigenvalue weighted by molar-refractivity contribution is 5.93. The number of hydrogen-bond donors (Lipinski definition) is 3. The SMILES string of the molecule is Cc1ccc(NC(=O)[C@H](C)[NH2+]CCO)cc1. The standard InChI is InChI=1S/C12H18N2O2/c1-9-3-5-11(6-4-9)14-12(16)10(2)13-7-8-15/h3-6,10,13,15H,7-8H2,1-2H3,(H,14,16)/p+1/t10-/m0/s1. The fraction of sp³-hybridized carbons (Fsp3) is 0.417. The summed E-state index contributed by atoms with van der Waals surface area (Å²) in [5, 5.41) is 13.3. The first kappa shape index (κ1) is 12.7. The van der Waals surface area contributed by atoms with Gasteiger partial charge in [-0.25, -0.2) is 0 Å². The fourth-order valence-electron chi connectivity index (χ4n) is 1.32. The van der Waals surface area contributed by atoms with Crippen molar-refractivity contribution in [1.82, 2.24) is 0 Å². The Labute approximate surface area is 95.7 Å². The predicted molar refractivity (Wildman–Crippen MR) is 63.1 cm³/mol. The summed E-state index contributed by atoms with van der Waals surface area (Å²) in [7, 11) is 0. The van der Waals surface area contributed by atoms with Crippen molar-refractivity contribution in [2.45, 2.75) is 19.9 Å². The Kier molecular flexibility index (Phi) is 4.95. The summed E-state index contributed by atoms with van der Waals surface area (Å²) >= 11 is 0. The van der Waals surface area contributed by atoms with E-state index in [1.165, 1.54) is 0 Å². The molecule has 16 heavy (non-hydrogen) atoms. The second kappa shape index (κ2) is 6.25. The average Bonchev–Trinajstić information content (AvgIpc) is 2.29. The summed E-state index contributed by atoms with van der Waals surface area (Å²) in [4.78, 5) is 11.7. The number of anilines is 1. The van der Waals surface area contributed by atoms with E-state index >= 15 is 0 Å². The number of aliphatic hydroxyl groups is 1. The molecule has 0 aliphatic rings. The van der Waals surface area contributed by atoms with Crippen LogP contribution in [0.3, 0.4) is 0 Å². The van der Waals surface area contributed by atoms with Gasteiger partial charge in [0.2, 0.25) is 0 Å². The van der Waals surface area contributed by atoms with E-state index in [-0.39, 0.29) is 18.6 Å². The van der Waals surface area contributed by atoms with Crippen LogP contribution in [0.4, 0.5) is 5.69 Å². The molecule has 1 aromatic carbocycles. The van der Waals surface area contributed by atoms with E-state index in [2.05, 4.69) is 5.32 Å². The fourth-order valence-corrected chi connectivity index (χ4v) is 1.32. The van der Waals surface area contributed by atoms with Gasteiger partial charge in [0.05, 0.1) is 13.2 Å². The highest BCUT2D eigenvalue weighted by Crippen LogP contribution is 2.08. The van der Waals surface area contributed by atoms with Crippen molar-refractivity contribution in [3.63, 3.8) is 0 Å². The number of amides is 1. The Morgan fingerprint density at radius 1 is 1.44 bits per heavy atom. The zero-order valence-corrected chi connectivity index (χ0v) is 9.73. The van der Waals surface area contributed by atoms with Gasteiger partial charge in [-0.2, -0.15) is 0 Å². The van der Waals surface area contributed by atoms with Gasteiger partial charge in [-0.05, 0) is 26.0 Å². The first-order chi connectivity index (χ1) is 7.63. The number of nitrogens with one attached hydrogen (secondary N) is 1. The van der Waals surface area contributed by atoms with Crippen LogP contribution in [0.1, 0.15) is 12.5 Å². The van der Waals surface area contributed by atoms with E-state index in [0.717, 1.165) is 11.3 Å². The minimum absolute atomic E-state index is 0.0442. The molecule has 0 heterocycles. The third kappa shape index (κ3) is 4.00. The van der Waals surface area contributed by atoms with E-state index in [0.29, 0.717) is 6.54 Å². The van der Waals surface area contributed by atoms with E-state index in [1.54, 1.807) is 0 Å². The number of hydrogen-bond acceptors (Lipinski definition) is 2. The second-order valence-corrected chi connectivity index (χ2v) is 3.89. The van der Waals surface area contributed by atoms with Crippen LogP contribution in [0.5, 0.6) is 0 Å². The first-order valence-electron chi connectivity index (χ1n) is 5.45. The number of aryl methyl sites for hydroxylation is 1. The van der Waals surface area contributed by atoms with Crippen molar-refractivity contribution in [1.29, 1.82) is 0 Å². The van der Waals surface area contributed by atoms with Crippen LogP contribution in [0.25, 0.3) is 0 Å². The summed E-state index contributed by atoms with van der Waals surface area (Å²) in [6.45, 7) is 4.45. The number of nitrogens with two attached hydrogens (primary N) is 1. The Bertz CT molecular complexity index is 335. The van der Waals surface area contributed by atoms with Gasteiger partial charge in [-0.1, -0.05) is 17.7 Å². The van der Waals surface area contributed by atoms with Crippen molar-refractivity contribution in [2.75, 3.05) is 18.5 Å². The summed E-state index contributed by atoms with van der Waals surface area (Å²) in [6.07, 6.45) is 0. The maximum Gasteiger partial charge on any atom is 0.282 e. The molecule has 1 aromatic rings. The van der Waals surface area contributed by atoms with Crippen LogP contribution >= 0.6 is 0 Å². The van der Waals surface area contributed by atoms with Crippen molar-refractivity contribution < 1.29 is 15.2 Å². The molecule has 0 unspecified atom stereocenters.